The molecule has 3 aromatic carbocycles. The van der Waals surface area contributed by atoms with Gasteiger partial charge in [0.2, 0.25) is 0 Å². The summed E-state index contributed by atoms with van der Waals surface area (Å²) in [6, 6.07) is 15.0. The van der Waals surface area contributed by atoms with Gasteiger partial charge in [0, 0.05) is 24.2 Å². The van der Waals surface area contributed by atoms with Gasteiger partial charge < -0.3 is 20.1 Å². The summed E-state index contributed by atoms with van der Waals surface area (Å²) in [7, 11) is 0. The Morgan fingerprint density at radius 3 is 1.32 bits per heavy atom. The summed E-state index contributed by atoms with van der Waals surface area (Å²) in [4.78, 5) is 24.1. The molecule has 3 rings (SSSR count). The van der Waals surface area contributed by atoms with Crippen LogP contribution in [0.5, 0.6) is 11.5 Å². The Labute approximate surface area is 226 Å². The van der Waals surface area contributed by atoms with Crippen LogP contribution in [0.1, 0.15) is 44.7 Å². The maximum Gasteiger partial charge on any atom is 0.416 e. The highest BCUT2D eigenvalue weighted by molar-refractivity contribution is 5.94. The van der Waals surface area contributed by atoms with Gasteiger partial charge in [-0.25, -0.2) is 0 Å². The number of ether oxygens (including phenoxy) is 2. The number of halogens is 6. The summed E-state index contributed by atoms with van der Waals surface area (Å²) in [6.07, 6.45) is -8.20. The van der Waals surface area contributed by atoms with E-state index in [0.29, 0.717) is 24.3 Å². The molecule has 2 N–H and O–H groups in total. The van der Waals surface area contributed by atoms with Crippen LogP contribution in [0.3, 0.4) is 0 Å². The lowest BCUT2D eigenvalue weighted by molar-refractivity contribution is -0.138. The first kappa shape index (κ1) is 30.3. The number of hydrogen-bond donors (Lipinski definition) is 2. The molecule has 0 spiro atoms. The number of nitrogens with one attached hydrogen (secondary N) is 2. The summed E-state index contributed by atoms with van der Waals surface area (Å²) < 4.78 is 87.9. The van der Waals surface area contributed by atoms with E-state index in [4.69, 9.17) is 9.47 Å². The lowest BCUT2D eigenvalue weighted by Crippen LogP contribution is -2.26. The molecule has 0 fully saturated rings. The first-order valence-electron chi connectivity index (χ1n) is 12.2. The number of hydrogen-bond acceptors (Lipinski definition) is 4. The number of carbonyl (C=O) groups is 2. The van der Waals surface area contributed by atoms with E-state index in [9.17, 15) is 35.9 Å². The number of rotatable bonds is 12. The molecule has 6 nitrogen and oxygen atoms in total. The average molecular weight is 569 g/mol. The maximum absolute atomic E-state index is 12.8. The van der Waals surface area contributed by atoms with Crippen molar-refractivity contribution in [2.45, 2.75) is 25.2 Å². The van der Waals surface area contributed by atoms with Crippen LogP contribution in [0.25, 0.3) is 0 Å². The van der Waals surface area contributed by atoms with Gasteiger partial charge in [-0.3, -0.25) is 9.59 Å². The molecule has 0 heterocycles. The minimum atomic E-state index is -4.53. The predicted octanol–water partition coefficient (Wildman–Crippen LogP) is 6.12. The van der Waals surface area contributed by atoms with Crippen LogP contribution < -0.4 is 20.1 Å². The first-order chi connectivity index (χ1) is 18.9. The molecule has 0 aliphatic heterocycles. The van der Waals surface area contributed by atoms with E-state index in [2.05, 4.69) is 10.6 Å². The fourth-order valence-corrected chi connectivity index (χ4v) is 3.44. The molecule has 0 radical (unpaired) electrons. The van der Waals surface area contributed by atoms with Crippen LogP contribution in [-0.2, 0) is 12.4 Å². The number of carbonyl (C=O) groups excluding carboxylic acids is 2. The zero-order valence-electron chi connectivity index (χ0n) is 21.1. The Balaban J connectivity index is 1.30. The van der Waals surface area contributed by atoms with Crippen LogP contribution in [0.15, 0.2) is 72.8 Å². The van der Waals surface area contributed by atoms with Gasteiger partial charge in [-0.15, -0.1) is 0 Å². The van der Waals surface area contributed by atoms with Crippen LogP contribution in [0.2, 0.25) is 0 Å². The molecule has 0 saturated heterocycles. The van der Waals surface area contributed by atoms with Crippen molar-refractivity contribution in [3.8, 4) is 11.5 Å². The second-order valence-corrected chi connectivity index (χ2v) is 8.54. The van der Waals surface area contributed by atoms with Crippen molar-refractivity contribution < 1.29 is 45.4 Å². The Hall–Kier alpha value is -4.22. The van der Waals surface area contributed by atoms with Crippen LogP contribution in [-0.4, -0.2) is 38.1 Å². The molecule has 12 heteroatoms. The van der Waals surface area contributed by atoms with Gasteiger partial charge in [0.25, 0.3) is 11.8 Å². The molecular weight excluding hydrogens is 542 g/mol. The minimum absolute atomic E-state index is 0.0792. The van der Waals surface area contributed by atoms with Gasteiger partial charge in [0.05, 0.1) is 24.3 Å². The monoisotopic (exact) mass is 568 g/mol. The molecule has 0 aromatic heterocycles. The quantitative estimate of drug-likeness (QED) is 0.204. The van der Waals surface area contributed by atoms with E-state index in [1.165, 1.54) is 24.3 Å². The molecule has 3 aromatic rings. The second-order valence-electron chi connectivity index (χ2n) is 8.54. The normalized spacial score (nSPS) is 11.6. The van der Waals surface area contributed by atoms with Crippen molar-refractivity contribution in [1.29, 1.82) is 0 Å². The Kier molecular flexibility index (Phi) is 10.4. The van der Waals surface area contributed by atoms with Crippen molar-refractivity contribution in [1.82, 2.24) is 10.6 Å². The molecule has 0 aliphatic carbocycles. The van der Waals surface area contributed by atoms with Crippen molar-refractivity contribution in [2.75, 3.05) is 26.3 Å². The molecule has 0 unspecified atom stereocenters. The summed E-state index contributed by atoms with van der Waals surface area (Å²) in [6.45, 7) is 0.935. The Bertz CT molecular complexity index is 1180. The van der Waals surface area contributed by atoms with Crippen molar-refractivity contribution in [3.63, 3.8) is 0 Å². The summed E-state index contributed by atoms with van der Waals surface area (Å²) in [5.41, 5.74) is -1.94. The van der Waals surface area contributed by atoms with E-state index in [-0.39, 0.29) is 37.4 Å². The minimum Gasteiger partial charge on any atom is -0.494 e. The van der Waals surface area contributed by atoms with Crippen molar-refractivity contribution in [3.05, 3.63) is 95.1 Å². The fraction of sp³-hybridized carbons (Fsp3) is 0.286. The van der Waals surface area contributed by atoms with Crippen molar-refractivity contribution in [2.24, 2.45) is 0 Å². The summed E-state index contributed by atoms with van der Waals surface area (Å²) in [5.74, 6) is -0.125. The van der Waals surface area contributed by atoms with Gasteiger partial charge in [-0.1, -0.05) is 12.1 Å². The van der Waals surface area contributed by atoms with Gasteiger partial charge in [0.15, 0.2) is 0 Å². The second kappa shape index (κ2) is 13.7. The Morgan fingerprint density at radius 1 is 0.600 bits per heavy atom. The molecule has 40 heavy (non-hydrogen) atoms. The Morgan fingerprint density at radius 2 is 0.975 bits per heavy atom. The first-order valence-corrected chi connectivity index (χ1v) is 12.2. The fourth-order valence-electron chi connectivity index (χ4n) is 3.44. The zero-order valence-corrected chi connectivity index (χ0v) is 21.1. The highest BCUT2D eigenvalue weighted by Crippen LogP contribution is 2.30. The molecule has 2 amide bonds. The van der Waals surface area contributed by atoms with E-state index in [0.717, 1.165) is 24.3 Å². The van der Waals surface area contributed by atoms with Gasteiger partial charge in [-0.05, 0) is 73.5 Å². The van der Waals surface area contributed by atoms with E-state index >= 15 is 0 Å². The number of amides is 2. The molecule has 0 bridgehead atoms. The standard InChI is InChI=1S/C28H26F6N2O4/c29-27(30,31)21-7-1-5-19(17-21)25(37)35-13-3-15-39-23-9-11-24(12-10-23)40-16-4-14-36-26(38)20-6-2-8-22(18-20)28(32,33)34/h1-2,5-12,17-18H,3-4,13-16H2,(H,35,37)(H,36,38). The van der Waals surface area contributed by atoms with Gasteiger partial charge in [-0.2, -0.15) is 26.3 Å². The van der Waals surface area contributed by atoms with Crippen LogP contribution >= 0.6 is 0 Å². The molecule has 0 saturated carbocycles. The van der Waals surface area contributed by atoms with Crippen LogP contribution in [0, 0.1) is 0 Å². The topological polar surface area (TPSA) is 76.7 Å². The third kappa shape index (κ3) is 9.51. The lowest BCUT2D eigenvalue weighted by atomic mass is 10.1. The van der Waals surface area contributed by atoms with Crippen LogP contribution in [0.4, 0.5) is 26.3 Å². The van der Waals surface area contributed by atoms with E-state index in [1.807, 2.05) is 0 Å². The SMILES string of the molecule is O=C(NCCCOc1ccc(OCCCNC(=O)c2cccc(C(F)(F)F)c2)cc1)c1cccc(C(F)(F)F)c1. The predicted molar refractivity (Wildman–Crippen MR) is 134 cm³/mol. The van der Waals surface area contributed by atoms with Gasteiger partial charge in [0.1, 0.15) is 11.5 Å². The third-order valence-electron chi connectivity index (χ3n) is 5.48. The van der Waals surface area contributed by atoms with Crippen molar-refractivity contribution >= 4 is 11.8 Å². The summed E-state index contributed by atoms with van der Waals surface area (Å²) >= 11 is 0. The highest BCUT2D eigenvalue weighted by atomic mass is 19.4. The number of alkyl halides is 6. The van der Waals surface area contributed by atoms with Gasteiger partial charge >= 0.3 is 12.4 Å². The van der Waals surface area contributed by atoms with E-state index in [1.54, 1.807) is 24.3 Å². The van der Waals surface area contributed by atoms with E-state index < -0.39 is 35.3 Å². The molecule has 0 aliphatic rings. The maximum atomic E-state index is 12.8. The number of benzene rings is 3. The zero-order chi connectivity index (χ0) is 29.2. The highest BCUT2D eigenvalue weighted by Gasteiger charge is 2.31. The third-order valence-corrected chi connectivity index (χ3v) is 5.48. The lowest BCUT2D eigenvalue weighted by Gasteiger charge is -2.11. The summed E-state index contributed by atoms with van der Waals surface area (Å²) in [5, 5.41) is 5.11. The average Bonchev–Trinajstić information content (AvgIpc) is 2.92. The smallest absolute Gasteiger partial charge is 0.416 e. The largest absolute Gasteiger partial charge is 0.494 e. The molecule has 0 atom stereocenters. The molecular formula is C28H26F6N2O4. The molecule has 214 valence electrons.